The van der Waals surface area contributed by atoms with Gasteiger partial charge in [-0.2, -0.15) is 5.10 Å². The Hall–Kier alpha value is -2.87. The first-order valence-corrected chi connectivity index (χ1v) is 9.03. The number of carbonyl (C=O) groups excluding carboxylic acids is 1. The van der Waals surface area contributed by atoms with E-state index in [9.17, 15) is 14.0 Å². The predicted molar refractivity (Wildman–Crippen MR) is 96.6 cm³/mol. The van der Waals surface area contributed by atoms with E-state index in [-0.39, 0.29) is 11.4 Å². The van der Waals surface area contributed by atoms with Gasteiger partial charge in [0.2, 0.25) is 5.43 Å². The quantitative estimate of drug-likeness (QED) is 0.765. The third-order valence-corrected chi connectivity index (χ3v) is 4.92. The lowest BCUT2D eigenvalue weighted by Gasteiger charge is -2.11. The van der Waals surface area contributed by atoms with Crippen molar-refractivity contribution in [3.8, 4) is 5.69 Å². The average molecular weight is 370 g/mol. The van der Waals surface area contributed by atoms with Crippen molar-refractivity contribution in [2.45, 2.75) is 25.7 Å². The Morgan fingerprint density at radius 3 is 2.85 bits per heavy atom. The number of hydrogen-bond donors (Lipinski definition) is 1. The number of anilines is 1. The van der Waals surface area contributed by atoms with Gasteiger partial charge in [0.05, 0.1) is 5.69 Å². The van der Waals surface area contributed by atoms with Gasteiger partial charge in [-0.05, 0) is 31.9 Å². The minimum atomic E-state index is -0.656. The molecule has 0 spiro atoms. The molecule has 0 saturated heterocycles. The molecular weight excluding hydrogens is 355 g/mol. The van der Waals surface area contributed by atoms with Crippen molar-refractivity contribution >= 4 is 22.4 Å². The largest absolute Gasteiger partial charge is 0.296 e. The number of aryl methyl sites for hydroxylation is 1. The summed E-state index contributed by atoms with van der Waals surface area (Å²) >= 11 is 1.31. The van der Waals surface area contributed by atoms with Crippen LogP contribution in [-0.4, -0.2) is 20.7 Å². The van der Waals surface area contributed by atoms with Crippen LogP contribution in [0.5, 0.6) is 0 Å². The van der Waals surface area contributed by atoms with E-state index in [0.29, 0.717) is 16.7 Å². The fourth-order valence-electron chi connectivity index (χ4n) is 2.64. The van der Waals surface area contributed by atoms with Gasteiger partial charge in [-0.1, -0.05) is 12.1 Å². The first-order chi connectivity index (χ1) is 12.5. The molecule has 1 N–H and O–H groups in total. The molecule has 0 aliphatic heterocycles. The van der Waals surface area contributed by atoms with Crippen molar-refractivity contribution in [1.29, 1.82) is 0 Å². The standard InChI is InChI=1S/C18H15FN4O2S/c1-10-8-15(24)16(22-23(10)14-5-3-2-4-12(14)19)17(25)21-18-20-13(9-26-18)11-6-7-11/h2-5,8-9,11H,6-7H2,1H3,(H,20,21,25). The van der Waals surface area contributed by atoms with Crippen LogP contribution in [0.4, 0.5) is 9.52 Å². The summed E-state index contributed by atoms with van der Waals surface area (Å²) in [6, 6.07) is 7.32. The first kappa shape index (κ1) is 16.6. The van der Waals surface area contributed by atoms with Crippen LogP contribution in [0.15, 0.2) is 40.5 Å². The van der Waals surface area contributed by atoms with Crippen LogP contribution in [0, 0.1) is 12.7 Å². The summed E-state index contributed by atoms with van der Waals surface area (Å²) in [6.07, 6.45) is 2.23. The summed E-state index contributed by atoms with van der Waals surface area (Å²) < 4.78 is 15.3. The molecule has 0 atom stereocenters. The van der Waals surface area contributed by atoms with Crippen LogP contribution in [0.3, 0.4) is 0 Å². The van der Waals surface area contributed by atoms with Gasteiger partial charge in [-0.3, -0.25) is 14.9 Å². The van der Waals surface area contributed by atoms with Crippen molar-refractivity contribution < 1.29 is 9.18 Å². The molecule has 1 aliphatic rings. The molecule has 3 aromatic rings. The van der Waals surface area contributed by atoms with Crippen molar-refractivity contribution in [1.82, 2.24) is 14.8 Å². The molecule has 26 heavy (non-hydrogen) atoms. The molecule has 1 saturated carbocycles. The van der Waals surface area contributed by atoms with Crippen molar-refractivity contribution in [2.24, 2.45) is 0 Å². The highest BCUT2D eigenvalue weighted by atomic mass is 32.1. The van der Waals surface area contributed by atoms with E-state index in [1.54, 1.807) is 19.1 Å². The van der Waals surface area contributed by atoms with Crippen LogP contribution < -0.4 is 10.7 Å². The summed E-state index contributed by atoms with van der Waals surface area (Å²) in [4.78, 5) is 29.1. The maximum absolute atomic E-state index is 14.1. The monoisotopic (exact) mass is 370 g/mol. The third kappa shape index (κ3) is 3.15. The topological polar surface area (TPSA) is 76.9 Å². The van der Waals surface area contributed by atoms with E-state index in [2.05, 4.69) is 15.4 Å². The van der Waals surface area contributed by atoms with Gasteiger partial charge < -0.3 is 0 Å². The number of nitrogens with zero attached hydrogens (tertiary/aromatic N) is 3. The fraction of sp³-hybridized carbons (Fsp3) is 0.222. The zero-order valence-corrected chi connectivity index (χ0v) is 14.7. The lowest BCUT2D eigenvalue weighted by atomic mass is 10.2. The second kappa shape index (κ2) is 6.45. The van der Waals surface area contributed by atoms with E-state index in [1.807, 2.05) is 5.38 Å². The van der Waals surface area contributed by atoms with E-state index in [1.165, 1.54) is 34.2 Å². The van der Waals surface area contributed by atoms with E-state index in [4.69, 9.17) is 0 Å². The summed E-state index contributed by atoms with van der Waals surface area (Å²) in [6.45, 7) is 1.63. The number of halogens is 1. The number of benzene rings is 1. The Balaban J connectivity index is 1.66. The van der Waals surface area contributed by atoms with Gasteiger partial charge in [0, 0.05) is 23.1 Å². The van der Waals surface area contributed by atoms with Gasteiger partial charge in [0.15, 0.2) is 10.8 Å². The molecule has 1 fully saturated rings. The van der Waals surface area contributed by atoms with Gasteiger partial charge in [-0.15, -0.1) is 11.3 Å². The molecule has 2 heterocycles. The Labute approximate surface area is 152 Å². The molecule has 8 heteroatoms. The number of hydrogen-bond acceptors (Lipinski definition) is 5. The molecule has 1 amide bonds. The van der Waals surface area contributed by atoms with Gasteiger partial charge >= 0.3 is 0 Å². The fourth-order valence-corrected chi connectivity index (χ4v) is 3.43. The van der Waals surface area contributed by atoms with Crippen LogP contribution in [0.25, 0.3) is 5.69 Å². The average Bonchev–Trinajstić information content (AvgIpc) is 3.36. The summed E-state index contributed by atoms with van der Waals surface area (Å²) in [5, 5.41) is 9.03. The smallest absolute Gasteiger partial charge is 0.281 e. The zero-order valence-electron chi connectivity index (χ0n) is 13.9. The zero-order chi connectivity index (χ0) is 18.3. The van der Waals surface area contributed by atoms with Gasteiger partial charge in [-0.25, -0.2) is 14.1 Å². The maximum Gasteiger partial charge on any atom is 0.281 e. The number of para-hydroxylation sites is 1. The summed E-state index contributed by atoms with van der Waals surface area (Å²) in [7, 11) is 0. The minimum Gasteiger partial charge on any atom is -0.296 e. The van der Waals surface area contributed by atoms with Crippen LogP contribution in [0.2, 0.25) is 0 Å². The number of thiazole rings is 1. The highest BCUT2D eigenvalue weighted by molar-refractivity contribution is 7.14. The van der Waals surface area contributed by atoms with Gasteiger partial charge in [0.1, 0.15) is 11.5 Å². The molecule has 1 aromatic carbocycles. The predicted octanol–water partition coefficient (Wildman–Crippen LogP) is 3.27. The normalized spacial score (nSPS) is 13.6. The Kier molecular flexibility index (Phi) is 4.12. The lowest BCUT2D eigenvalue weighted by molar-refractivity contribution is 0.101. The minimum absolute atomic E-state index is 0.171. The summed E-state index contributed by atoms with van der Waals surface area (Å²) in [5.74, 6) is -0.670. The first-order valence-electron chi connectivity index (χ1n) is 8.15. The van der Waals surface area contributed by atoms with Crippen molar-refractivity contribution in [3.05, 3.63) is 68.8 Å². The Morgan fingerprint density at radius 2 is 2.12 bits per heavy atom. The van der Waals surface area contributed by atoms with Crippen LogP contribution in [0.1, 0.15) is 40.6 Å². The van der Waals surface area contributed by atoms with E-state index >= 15 is 0 Å². The molecule has 0 unspecified atom stereocenters. The highest BCUT2D eigenvalue weighted by Crippen LogP contribution is 2.40. The van der Waals surface area contributed by atoms with Crippen molar-refractivity contribution in [3.63, 3.8) is 0 Å². The molecule has 0 radical (unpaired) electrons. The number of aromatic nitrogens is 3. The van der Waals surface area contributed by atoms with Crippen molar-refractivity contribution in [2.75, 3.05) is 5.32 Å². The SMILES string of the molecule is Cc1cc(=O)c(C(=O)Nc2nc(C3CC3)cs2)nn1-c1ccccc1F. The number of nitrogens with one attached hydrogen (secondary N) is 1. The molecule has 132 valence electrons. The molecule has 2 aromatic heterocycles. The van der Waals surface area contributed by atoms with Gasteiger partial charge in [0.25, 0.3) is 5.91 Å². The lowest BCUT2D eigenvalue weighted by Crippen LogP contribution is -2.27. The Bertz CT molecular complexity index is 1060. The van der Waals surface area contributed by atoms with E-state index in [0.717, 1.165) is 18.5 Å². The van der Waals surface area contributed by atoms with Crippen LogP contribution >= 0.6 is 11.3 Å². The second-order valence-electron chi connectivity index (χ2n) is 6.17. The maximum atomic E-state index is 14.1. The number of amides is 1. The summed E-state index contributed by atoms with van der Waals surface area (Å²) in [5.41, 5.74) is 0.741. The molecule has 1 aliphatic carbocycles. The molecule has 0 bridgehead atoms. The molecule has 4 rings (SSSR count). The third-order valence-electron chi connectivity index (χ3n) is 4.14. The van der Waals surface area contributed by atoms with Crippen LogP contribution in [-0.2, 0) is 0 Å². The second-order valence-corrected chi connectivity index (χ2v) is 7.03. The number of carbonyl (C=O) groups is 1. The van der Waals surface area contributed by atoms with E-state index < -0.39 is 17.2 Å². The molecular formula is C18H15FN4O2S. The number of rotatable bonds is 4. The Morgan fingerprint density at radius 1 is 1.35 bits per heavy atom. The highest BCUT2D eigenvalue weighted by Gasteiger charge is 2.26. The molecule has 6 nitrogen and oxygen atoms in total.